The van der Waals surface area contributed by atoms with Gasteiger partial charge in [0.25, 0.3) is 5.89 Å². The van der Waals surface area contributed by atoms with Gasteiger partial charge in [0, 0.05) is 5.02 Å². The van der Waals surface area contributed by atoms with Gasteiger partial charge in [-0.1, -0.05) is 23.7 Å². The van der Waals surface area contributed by atoms with Crippen LogP contribution in [0.3, 0.4) is 0 Å². The highest BCUT2D eigenvalue weighted by molar-refractivity contribution is 7.92. The second-order valence-electron chi connectivity index (χ2n) is 4.36. The Morgan fingerprint density at radius 2 is 2.14 bits per heavy atom. The molecule has 9 heteroatoms. The fraction of sp³-hybridized carbons (Fsp3) is 0.333. The first-order valence-electron chi connectivity index (χ1n) is 6.20. The van der Waals surface area contributed by atoms with E-state index in [1.807, 2.05) is 6.92 Å². The van der Waals surface area contributed by atoms with Gasteiger partial charge in [0.2, 0.25) is 10.0 Å². The molecular weight excluding hydrogens is 316 g/mol. The quantitative estimate of drug-likeness (QED) is 0.839. The minimum atomic E-state index is -3.42. The third-order valence-corrected chi connectivity index (χ3v) is 3.33. The monoisotopic (exact) mass is 330 g/mol. The summed E-state index contributed by atoms with van der Waals surface area (Å²) in [6, 6.07) is 4.70. The van der Waals surface area contributed by atoms with Crippen LogP contribution in [-0.2, 0) is 16.6 Å². The molecule has 0 spiro atoms. The van der Waals surface area contributed by atoms with Gasteiger partial charge in [0.05, 0.1) is 24.1 Å². The van der Waals surface area contributed by atoms with Gasteiger partial charge in [-0.05, 0) is 24.7 Å². The maximum Gasteiger partial charge on any atom is 0.260 e. The lowest BCUT2D eigenvalue weighted by atomic mass is 10.2. The molecule has 0 aliphatic rings. The molecule has 0 unspecified atom stereocenters. The maximum atomic E-state index is 11.4. The van der Waals surface area contributed by atoms with Crippen LogP contribution in [0, 0.1) is 0 Å². The fourth-order valence-corrected chi connectivity index (χ4v) is 2.40. The summed E-state index contributed by atoms with van der Waals surface area (Å²) >= 11 is 5.95. The van der Waals surface area contributed by atoms with Crippen LogP contribution >= 0.6 is 11.6 Å². The molecule has 7 nitrogen and oxygen atoms in total. The molecule has 2 aromatic rings. The topological polar surface area (TPSA) is 97.1 Å². The maximum absolute atomic E-state index is 11.4. The second-order valence-corrected chi connectivity index (χ2v) is 6.55. The van der Waals surface area contributed by atoms with Crippen LogP contribution in [0.15, 0.2) is 22.7 Å². The number of nitrogens with zero attached hydrogens (tertiary/aromatic N) is 2. The number of hydrogen-bond acceptors (Lipinski definition) is 6. The average molecular weight is 331 g/mol. The lowest BCUT2D eigenvalue weighted by Gasteiger charge is -2.08. The van der Waals surface area contributed by atoms with Gasteiger partial charge >= 0.3 is 0 Å². The van der Waals surface area contributed by atoms with E-state index in [9.17, 15) is 8.42 Å². The van der Waals surface area contributed by atoms with Crippen LogP contribution in [0.4, 0.5) is 5.69 Å². The molecule has 0 atom stereocenters. The van der Waals surface area contributed by atoms with Crippen molar-refractivity contribution in [3.8, 4) is 11.5 Å². The first-order valence-corrected chi connectivity index (χ1v) is 8.47. The van der Waals surface area contributed by atoms with E-state index in [-0.39, 0.29) is 5.89 Å². The van der Waals surface area contributed by atoms with Crippen molar-refractivity contribution in [1.29, 1.82) is 0 Å². The van der Waals surface area contributed by atoms with E-state index >= 15 is 0 Å². The molecule has 0 radical (unpaired) electrons. The van der Waals surface area contributed by atoms with Crippen molar-refractivity contribution in [3.63, 3.8) is 0 Å². The first-order chi connectivity index (χ1) is 9.89. The normalized spacial score (nSPS) is 11.6. The molecule has 2 N–H and O–H groups in total. The number of aromatic nitrogens is 2. The van der Waals surface area contributed by atoms with Gasteiger partial charge in [0.15, 0.2) is 5.82 Å². The zero-order chi connectivity index (χ0) is 15.5. The van der Waals surface area contributed by atoms with Crippen molar-refractivity contribution in [2.45, 2.75) is 13.5 Å². The van der Waals surface area contributed by atoms with E-state index in [0.29, 0.717) is 28.6 Å². The molecule has 0 aliphatic heterocycles. The fourth-order valence-electron chi connectivity index (χ4n) is 1.65. The Morgan fingerprint density at radius 3 is 2.81 bits per heavy atom. The summed E-state index contributed by atoms with van der Waals surface area (Å²) in [4.78, 5) is 4.22. The molecular formula is C12H15ClN4O3S. The van der Waals surface area contributed by atoms with Gasteiger partial charge in [-0.3, -0.25) is 4.72 Å². The summed E-state index contributed by atoms with van der Waals surface area (Å²) in [6.45, 7) is 3.21. The van der Waals surface area contributed by atoms with Gasteiger partial charge in [-0.2, -0.15) is 4.98 Å². The van der Waals surface area contributed by atoms with Crippen LogP contribution in [0.1, 0.15) is 12.7 Å². The van der Waals surface area contributed by atoms with Crippen molar-refractivity contribution in [2.75, 3.05) is 17.5 Å². The molecule has 114 valence electrons. The zero-order valence-corrected chi connectivity index (χ0v) is 13.1. The van der Waals surface area contributed by atoms with Gasteiger partial charge in [0.1, 0.15) is 0 Å². The summed E-state index contributed by atoms with van der Waals surface area (Å²) in [6.07, 6.45) is 1.07. The Kier molecular flexibility index (Phi) is 4.81. The Bertz CT molecular complexity index is 730. The summed E-state index contributed by atoms with van der Waals surface area (Å²) in [5, 5.41) is 7.34. The Morgan fingerprint density at radius 1 is 1.38 bits per heavy atom. The van der Waals surface area contributed by atoms with E-state index < -0.39 is 10.0 Å². The summed E-state index contributed by atoms with van der Waals surface area (Å²) in [5.41, 5.74) is 0.767. The summed E-state index contributed by atoms with van der Waals surface area (Å²) in [5.74, 6) is 0.689. The predicted molar refractivity (Wildman–Crippen MR) is 80.6 cm³/mol. The molecule has 2 rings (SSSR count). The molecule has 0 amide bonds. The molecule has 1 heterocycles. The average Bonchev–Trinajstić information content (AvgIpc) is 2.85. The van der Waals surface area contributed by atoms with Gasteiger partial charge in [-0.25, -0.2) is 8.42 Å². The molecule has 21 heavy (non-hydrogen) atoms. The van der Waals surface area contributed by atoms with Crippen molar-refractivity contribution < 1.29 is 12.9 Å². The Labute approximate surface area is 127 Å². The van der Waals surface area contributed by atoms with E-state index in [1.54, 1.807) is 18.2 Å². The van der Waals surface area contributed by atoms with Crippen molar-refractivity contribution in [2.24, 2.45) is 0 Å². The third kappa shape index (κ3) is 4.42. The van der Waals surface area contributed by atoms with Gasteiger partial charge < -0.3 is 9.84 Å². The highest BCUT2D eigenvalue weighted by atomic mass is 35.5. The van der Waals surface area contributed by atoms with Crippen LogP contribution < -0.4 is 10.0 Å². The standard InChI is InChI=1S/C12H15ClN4O3S/c1-3-14-7-11-15-12(20-16-11)9-6-8(13)4-5-10(9)17-21(2,18)19/h4-6,14,17H,3,7H2,1-2H3. The highest BCUT2D eigenvalue weighted by Gasteiger charge is 2.16. The van der Waals surface area contributed by atoms with Crippen LogP contribution in [-0.4, -0.2) is 31.4 Å². The molecule has 0 fully saturated rings. The van der Waals surface area contributed by atoms with Crippen molar-refractivity contribution >= 4 is 27.3 Å². The van der Waals surface area contributed by atoms with E-state index in [2.05, 4.69) is 20.2 Å². The molecule has 0 aliphatic carbocycles. The van der Waals surface area contributed by atoms with E-state index in [1.165, 1.54) is 0 Å². The van der Waals surface area contributed by atoms with E-state index in [0.717, 1.165) is 12.8 Å². The summed E-state index contributed by atoms with van der Waals surface area (Å²) < 4.78 is 30.4. The van der Waals surface area contributed by atoms with E-state index in [4.69, 9.17) is 16.1 Å². The molecule has 0 saturated heterocycles. The number of halogens is 1. The van der Waals surface area contributed by atoms with Crippen molar-refractivity contribution in [3.05, 3.63) is 29.0 Å². The number of hydrogen-bond donors (Lipinski definition) is 2. The SMILES string of the molecule is CCNCc1noc(-c2cc(Cl)ccc2NS(C)(=O)=O)n1. The number of rotatable bonds is 6. The Balaban J connectivity index is 2.37. The largest absolute Gasteiger partial charge is 0.334 e. The predicted octanol–water partition coefficient (Wildman–Crippen LogP) is 1.87. The van der Waals surface area contributed by atoms with Gasteiger partial charge in [-0.15, -0.1) is 0 Å². The number of benzene rings is 1. The smallest absolute Gasteiger partial charge is 0.260 e. The van der Waals surface area contributed by atoms with Crippen molar-refractivity contribution in [1.82, 2.24) is 15.5 Å². The van der Waals surface area contributed by atoms with Crippen LogP contribution in [0.2, 0.25) is 5.02 Å². The Hall–Kier alpha value is -1.64. The van der Waals surface area contributed by atoms with Crippen LogP contribution in [0.5, 0.6) is 0 Å². The lowest BCUT2D eigenvalue weighted by molar-refractivity contribution is 0.420. The summed E-state index contributed by atoms with van der Waals surface area (Å²) in [7, 11) is -3.42. The number of anilines is 1. The first kappa shape index (κ1) is 15.7. The lowest BCUT2D eigenvalue weighted by Crippen LogP contribution is -2.12. The zero-order valence-electron chi connectivity index (χ0n) is 11.6. The highest BCUT2D eigenvalue weighted by Crippen LogP contribution is 2.30. The molecule has 1 aromatic heterocycles. The minimum absolute atomic E-state index is 0.205. The molecule has 0 saturated carbocycles. The van der Waals surface area contributed by atoms with Crippen LogP contribution in [0.25, 0.3) is 11.5 Å². The number of nitrogens with one attached hydrogen (secondary N) is 2. The molecule has 0 bridgehead atoms. The number of sulfonamides is 1. The minimum Gasteiger partial charge on any atom is -0.334 e. The third-order valence-electron chi connectivity index (χ3n) is 2.51. The second kappa shape index (κ2) is 6.42. The molecule has 1 aromatic carbocycles.